The Bertz CT molecular complexity index is 603. The van der Waals surface area contributed by atoms with Crippen LogP contribution < -0.4 is 0 Å². The maximum absolute atomic E-state index is 13.0. The van der Waals surface area contributed by atoms with Crippen LogP contribution in [0.3, 0.4) is 0 Å². The zero-order chi connectivity index (χ0) is 17.3. The molecule has 2 aliphatic rings. The minimum atomic E-state index is -0.668. The molecule has 4 nitrogen and oxygen atoms in total. The number of carboxylic acids is 1. The van der Waals surface area contributed by atoms with Gasteiger partial charge in [-0.15, -0.1) is 0 Å². The van der Waals surface area contributed by atoms with Gasteiger partial charge in [0.1, 0.15) is 0 Å². The van der Waals surface area contributed by atoms with Crippen LogP contribution >= 0.6 is 0 Å². The Kier molecular flexibility index (Phi) is 4.66. The topological polar surface area (TPSA) is 57.6 Å². The lowest BCUT2D eigenvalue weighted by atomic mass is 9.85. The lowest BCUT2D eigenvalue weighted by Crippen LogP contribution is -2.44. The molecule has 1 amide bonds. The van der Waals surface area contributed by atoms with Gasteiger partial charge in [-0.05, 0) is 42.6 Å². The Hall–Kier alpha value is -1.84. The standard InChI is InChI=1S/C20H27NO3/c1-14(2)16(12-15-6-4-3-5-7-15)18(22)21-10-8-20(9-11-21)13-17(20)19(23)24/h3-7,14,16-17H,8-13H2,1-2H3,(H,23,24). The van der Waals surface area contributed by atoms with Gasteiger partial charge in [0.25, 0.3) is 0 Å². The number of benzene rings is 1. The number of hydrogen-bond donors (Lipinski definition) is 1. The second kappa shape index (κ2) is 6.58. The number of amides is 1. The highest BCUT2D eigenvalue weighted by atomic mass is 16.4. The fourth-order valence-corrected chi connectivity index (χ4v) is 4.13. The maximum Gasteiger partial charge on any atom is 0.307 e. The Morgan fingerprint density at radius 2 is 1.83 bits per heavy atom. The average molecular weight is 329 g/mol. The van der Waals surface area contributed by atoms with Crippen molar-refractivity contribution in [3.05, 3.63) is 35.9 Å². The molecule has 1 saturated carbocycles. The van der Waals surface area contributed by atoms with Crippen LogP contribution in [0.4, 0.5) is 0 Å². The molecule has 1 aliphatic carbocycles. The Labute approximate surface area is 143 Å². The molecular formula is C20H27NO3. The summed E-state index contributed by atoms with van der Waals surface area (Å²) < 4.78 is 0. The van der Waals surface area contributed by atoms with E-state index in [0.29, 0.717) is 19.0 Å². The van der Waals surface area contributed by atoms with Gasteiger partial charge in [0.15, 0.2) is 0 Å². The summed E-state index contributed by atoms with van der Waals surface area (Å²) in [6.45, 7) is 5.64. The summed E-state index contributed by atoms with van der Waals surface area (Å²) in [4.78, 5) is 26.1. The first-order chi connectivity index (χ1) is 11.4. The second-order valence-corrected chi connectivity index (χ2v) is 7.82. The normalized spacial score (nSPS) is 23.3. The number of piperidine rings is 1. The summed E-state index contributed by atoms with van der Waals surface area (Å²) >= 11 is 0. The molecule has 3 rings (SSSR count). The van der Waals surface area contributed by atoms with E-state index in [0.717, 1.165) is 25.7 Å². The van der Waals surface area contributed by atoms with E-state index < -0.39 is 5.97 Å². The van der Waals surface area contributed by atoms with Crippen LogP contribution in [0, 0.1) is 23.2 Å². The van der Waals surface area contributed by atoms with Gasteiger partial charge in [0.2, 0.25) is 5.91 Å². The summed E-state index contributed by atoms with van der Waals surface area (Å²) in [5.74, 6) is -0.327. The number of carboxylic acid groups (broad SMARTS) is 1. The van der Waals surface area contributed by atoms with Crippen LogP contribution in [0.1, 0.15) is 38.7 Å². The lowest BCUT2D eigenvalue weighted by Gasteiger charge is -2.36. The molecule has 2 atom stereocenters. The SMILES string of the molecule is CC(C)C(Cc1ccccc1)C(=O)N1CCC2(CC1)CC2C(=O)O. The molecule has 1 aromatic rings. The molecule has 4 heteroatoms. The van der Waals surface area contributed by atoms with Gasteiger partial charge in [-0.25, -0.2) is 0 Å². The third kappa shape index (κ3) is 3.33. The van der Waals surface area contributed by atoms with Gasteiger partial charge in [0.05, 0.1) is 5.92 Å². The van der Waals surface area contributed by atoms with E-state index in [9.17, 15) is 14.7 Å². The molecule has 0 radical (unpaired) electrons. The first kappa shape index (κ1) is 17.0. The van der Waals surface area contributed by atoms with Gasteiger partial charge >= 0.3 is 5.97 Å². The van der Waals surface area contributed by atoms with Crippen LogP contribution in [0.2, 0.25) is 0 Å². The summed E-state index contributed by atoms with van der Waals surface area (Å²) in [5, 5.41) is 9.19. The minimum absolute atomic E-state index is 0.00377. The third-order valence-corrected chi connectivity index (χ3v) is 5.98. The van der Waals surface area contributed by atoms with Gasteiger partial charge in [0, 0.05) is 19.0 Å². The van der Waals surface area contributed by atoms with E-state index in [4.69, 9.17) is 0 Å². The van der Waals surface area contributed by atoms with Crippen molar-refractivity contribution in [2.45, 2.75) is 39.5 Å². The highest BCUT2D eigenvalue weighted by Crippen LogP contribution is 2.59. The number of likely N-dealkylation sites (tertiary alicyclic amines) is 1. The zero-order valence-corrected chi connectivity index (χ0v) is 14.6. The zero-order valence-electron chi connectivity index (χ0n) is 14.6. The number of hydrogen-bond acceptors (Lipinski definition) is 2. The number of nitrogens with zero attached hydrogens (tertiary/aromatic N) is 1. The van der Waals surface area contributed by atoms with Crippen LogP contribution in [0.15, 0.2) is 30.3 Å². The monoisotopic (exact) mass is 329 g/mol. The number of carbonyl (C=O) groups excluding carboxylic acids is 1. The van der Waals surface area contributed by atoms with Crippen molar-refractivity contribution in [1.82, 2.24) is 4.90 Å². The predicted molar refractivity (Wildman–Crippen MR) is 92.5 cm³/mol. The molecule has 1 aromatic carbocycles. The summed E-state index contributed by atoms with van der Waals surface area (Å²) in [6, 6.07) is 10.2. The quantitative estimate of drug-likeness (QED) is 0.902. The Morgan fingerprint density at radius 3 is 2.33 bits per heavy atom. The molecule has 1 N–H and O–H groups in total. The summed E-state index contributed by atoms with van der Waals surface area (Å²) in [6.07, 6.45) is 3.25. The number of rotatable bonds is 5. The van der Waals surface area contributed by atoms with Crippen molar-refractivity contribution in [1.29, 1.82) is 0 Å². The molecular weight excluding hydrogens is 302 g/mol. The Balaban J connectivity index is 1.61. The lowest BCUT2D eigenvalue weighted by molar-refractivity contribution is -0.140. The largest absolute Gasteiger partial charge is 0.481 e. The first-order valence-electron chi connectivity index (χ1n) is 8.98. The molecule has 1 spiro atoms. The van der Waals surface area contributed by atoms with E-state index >= 15 is 0 Å². The smallest absolute Gasteiger partial charge is 0.307 e. The molecule has 1 aliphatic heterocycles. The van der Waals surface area contributed by atoms with E-state index in [1.807, 2.05) is 23.1 Å². The molecule has 2 unspecified atom stereocenters. The molecule has 1 heterocycles. The molecule has 2 fully saturated rings. The van der Waals surface area contributed by atoms with E-state index in [2.05, 4.69) is 26.0 Å². The molecule has 1 saturated heterocycles. The first-order valence-corrected chi connectivity index (χ1v) is 8.98. The van der Waals surface area contributed by atoms with E-state index in [1.54, 1.807) is 0 Å². The third-order valence-electron chi connectivity index (χ3n) is 5.98. The number of aliphatic carboxylic acids is 1. The molecule has 130 valence electrons. The molecule has 0 bridgehead atoms. The van der Waals surface area contributed by atoms with Crippen molar-refractivity contribution in [3.8, 4) is 0 Å². The predicted octanol–water partition coefficient (Wildman–Crippen LogP) is 3.21. The highest BCUT2D eigenvalue weighted by Gasteiger charge is 2.59. The van der Waals surface area contributed by atoms with Crippen molar-refractivity contribution in [3.63, 3.8) is 0 Å². The van der Waals surface area contributed by atoms with Crippen LogP contribution in [-0.4, -0.2) is 35.0 Å². The van der Waals surface area contributed by atoms with Crippen molar-refractivity contribution < 1.29 is 14.7 Å². The van der Waals surface area contributed by atoms with E-state index in [-0.39, 0.29) is 23.2 Å². The summed E-state index contributed by atoms with van der Waals surface area (Å²) in [5.41, 5.74) is 1.18. The number of carbonyl (C=O) groups is 2. The fraction of sp³-hybridized carbons (Fsp3) is 0.600. The van der Waals surface area contributed by atoms with Gasteiger partial charge in [-0.1, -0.05) is 44.2 Å². The Morgan fingerprint density at radius 1 is 1.21 bits per heavy atom. The highest BCUT2D eigenvalue weighted by molar-refractivity contribution is 5.80. The molecule has 24 heavy (non-hydrogen) atoms. The van der Waals surface area contributed by atoms with Gasteiger partial charge < -0.3 is 10.0 Å². The second-order valence-electron chi connectivity index (χ2n) is 7.82. The van der Waals surface area contributed by atoms with Crippen LogP contribution in [0.25, 0.3) is 0 Å². The van der Waals surface area contributed by atoms with Crippen LogP contribution in [-0.2, 0) is 16.0 Å². The minimum Gasteiger partial charge on any atom is -0.481 e. The van der Waals surface area contributed by atoms with Gasteiger partial charge in [-0.3, -0.25) is 9.59 Å². The fourth-order valence-electron chi connectivity index (χ4n) is 4.13. The van der Waals surface area contributed by atoms with Crippen LogP contribution in [0.5, 0.6) is 0 Å². The maximum atomic E-state index is 13.0. The van der Waals surface area contributed by atoms with Crippen molar-refractivity contribution >= 4 is 11.9 Å². The van der Waals surface area contributed by atoms with E-state index in [1.165, 1.54) is 5.56 Å². The summed E-state index contributed by atoms with van der Waals surface area (Å²) in [7, 11) is 0. The van der Waals surface area contributed by atoms with Gasteiger partial charge in [-0.2, -0.15) is 0 Å². The van der Waals surface area contributed by atoms with Crippen molar-refractivity contribution in [2.75, 3.05) is 13.1 Å². The van der Waals surface area contributed by atoms with Crippen molar-refractivity contribution in [2.24, 2.45) is 23.2 Å². The average Bonchev–Trinajstić information content (AvgIpc) is 3.27. The molecule has 0 aromatic heterocycles.